The third-order valence-corrected chi connectivity index (χ3v) is 5.56. The zero-order valence-electron chi connectivity index (χ0n) is 12.3. The van der Waals surface area contributed by atoms with Crippen LogP contribution in [-0.2, 0) is 10.2 Å². The number of anilines is 1. The number of rotatable bonds is 6. The highest BCUT2D eigenvalue weighted by molar-refractivity contribution is 7.90. The Morgan fingerprint density at radius 3 is 2.57 bits per heavy atom. The second kappa shape index (κ2) is 5.65. The summed E-state index contributed by atoms with van der Waals surface area (Å²) in [6, 6.07) is 4.43. The summed E-state index contributed by atoms with van der Waals surface area (Å²) in [6.07, 6.45) is 2.10. The van der Waals surface area contributed by atoms with Crippen LogP contribution in [0.5, 0.6) is 0 Å². The Balaban J connectivity index is 2.20. The van der Waals surface area contributed by atoms with E-state index in [1.54, 1.807) is 19.1 Å². The first kappa shape index (κ1) is 15.8. The van der Waals surface area contributed by atoms with Crippen LogP contribution in [0, 0.1) is 12.8 Å². The molecule has 0 amide bonds. The van der Waals surface area contributed by atoms with Crippen molar-refractivity contribution in [3.05, 3.63) is 29.3 Å². The quantitative estimate of drug-likeness (QED) is 0.842. The summed E-state index contributed by atoms with van der Waals surface area (Å²) < 4.78 is 28.4. The number of carboxylic acid groups (broad SMARTS) is 1. The average molecular weight is 312 g/mol. The molecule has 6 nitrogen and oxygen atoms in total. The molecule has 1 atom stereocenters. The van der Waals surface area contributed by atoms with Crippen molar-refractivity contribution in [1.82, 2.24) is 4.31 Å². The highest BCUT2D eigenvalue weighted by Gasteiger charge is 2.35. The van der Waals surface area contributed by atoms with Gasteiger partial charge < -0.3 is 5.11 Å². The third kappa shape index (κ3) is 3.54. The summed E-state index contributed by atoms with van der Waals surface area (Å²) in [4.78, 5) is 11.1. The molecule has 1 aromatic carbocycles. The van der Waals surface area contributed by atoms with Crippen molar-refractivity contribution in [3.8, 4) is 0 Å². The molecule has 1 aliphatic rings. The van der Waals surface area contributed by atoms with E-state index in [1.807, 2.05) is 6.92 Å². The summed E-state index contributed by atoms with van der Waals surface area (Å²) in [6.45, 7) is 3.55. The van der Waals surface area contributed by atoms with E-state index in [0.717, 1.165) is 12.8 Å². The maximum Gasteiger partial charge on any atom is 0.336 e. The van der Waals surface area contributed by atoms with Crippen LogP contribution < -0.4 is 4.72 Å². The predicted molar refractivity (Wildman–Crippen MR) is 80.6 cm³/mol. The molecule has 0 aliphatic heterocycles. The molecule has 0 spiro atoms. The van der Waals surface area contributed by atoms with E-state index in [1.165, 1.54) is 17.4 Å². The Labute approximate surface area is 125 Å². The number of carboxylic acids is 1. The van der Waals surface area contributed by atoms with Crippen LogP contribution in [0.4, 0.5) is 5.69 Å². The lowest BCUT2D eigenvalue weighted by molar-refractivity contribution is 0.0696. The van der Waals surface area contributed by atoms with Crippen LogP contribution in [0.15, 0.2) is 18.2 Å². The minimum absolute atomic E-state index is 0.0631. The second-order valence-electron chi connectivity index (χ2n) is 5.54. The summed E-state index contributed by atoms with van der Waals surface area (Å²) in [5.41, 5.74) is 0.936. The molecule has 0 heterocycles. The topological polar surface area (TPSA) is 86.7 Å². The fraction of sp³-hybridized carbons (Fsp3) is 0.500. The monoisotopic (exact) mass is 312 g/mol. The molecule has 0 aromatic heterocycles. The van der Waals surface area contributed by atoms with Crippen LogP contribution in [-0.4, -0.2) is 36.9 Å². The Morgan fingerprint density at radius 2 is 2.05 bits per heavy atom. The van der Waals surface area contributed by atoms with Gasteiger partial charge in [-0.3, -0.25) is 4.72 Å². The minimum Gasteiger partial charge on any atom is -0.478 e. The van der Waals surface area contributed by atoms with E-state index in [-0.39, 0.29) is 17.3 Å². The van der Waals surface area contributed by atoms with Crippen molar-refractivity contribution in [2.45, 2.75) is 32.7 Å². The molecule has 116 valence electrons. The SMILES string of the molecule is Cc1ccc(NS(=O)(=O)N(C)C(C)C2CC2)cc1C(=O)O. The Hall–Kier alpha value is -1.60. The minimum atomic E-state index is -3.68. The van der Waals surface area contributed by atoms with Crippen LogP contribution in [0.2, 0.25) is 0 Å². The number of aryl methyl sites for hydroxylation is 1. The largest absolute Gasteiger partial charge is 0.478 e. The molecule has 0 saturated heterocycles. The first-order valence-electron chi connectivity index (χ1n) is 6.82. The van der Waals surface area contributed by atoms with Crippen molar-refractivity contribution in [1.29, 1.82) is 0 Å². The zero-order valence-corrected chi connectivity index (χ0v) is 13.1. The Bertz CT molecular complexity index is 653. The first-order chi connectivity index (χ1) is 9.72. The van der Waals surface area contributed by atoms with Crippen molar-refractivity contribution >= 4 is 21.9 Å². The van der Waals surface area contributed by atoms with Gasteiger partial charge in [0.2, 0.25) is 0 Å². The number of carbonyl (C=O) groups is 1. The van der Waals surface area contributed by atoms with Gasteiger partial charge in [0, 0.05) is 13.1 Å². The molecule has 0 radical (unpaired) electrons. The number of aromatic carboxylic acids is 1. The molecule has 7 heteroatoms. The summed E-state index contributed by atoms with van der Waals surface area (Å²) in [5, 5.41) is 9.08. The molecule has 2 rings (SSSR count). The number of hydrogen-bond donors (Lipinski definition) is 2. The van der Waals surface area contributed by atoms with Gasteiger partial charge in [-0.2, -0.15) is 12.7 Å². The first-order valence-corrected chi connectivity index (χ1v) is 8.26. The van der Waals surface area contributed by atoms with Gasteiger partial charge in [0.05, 0.1) is 11.3 Å². The zero-order chi connectivity index (χ0) is 15.8. The third-order valence-electron chi connectivity index (χ3n) is 3.97. The molecule has 1 aromatic rings. The van der Waals surface area contributed by atoms with E-state index >= 15 is 0 Å². The normalized spacial score (nSPS) is 16.8. The Kier molecular flexibility index (Phi) is 4.25. The van der Waals surface area contributed by atoms with Crippen molar-refractivity contribution in [3.63, 3.8) is 0 Å². The average Bonchev–Trinajstić information content (AvgIpc) is 3.23. The fourth-order valence-electron chi connectivity index (χ4n) is 2.23. The van der Waals surface area contributed by atoms with Crippen molar-refractivity contribution in [2.24, 2.45) is 5.92 Å². The van der Waals surface area contributed by atoms with Gasteiger partial charge in [0.15, 0.2) is 0 Å². The van der Waals surface area contributed by atoms with Gasteiger partial charge in [-0.25, -0.2) is 4.79 Å². The van der Waals surface area contributed by atoms with E-state index in [2.05, 4.69) is 4.72 Å². The number of hydrogen-bond acceptors (Lipinski definition) is 3. The van der Waals surface area contributed by atoms with Gasteiger partial charge in [-0.1, -0.05) is 6.07 Å². The van der Waals surface area contributed by atoms with E-state index in [9.17, 15) is 13.2 Å². The summed E-state index contributed by atoms with van der Waals surface area (Å²) in [5.74, 6) is -0.660. The smallest absolute Gasteiger partial charge is 0.336 e. The predicted octanol–water partition coefficient (Wildman–Crippen LogP) is 2.08. The lowest BCUT2D eigenvalue weighted by Crippen LogP contribution is -2.40. The molecular weight excluding hydrogens is 292 g/mol. The van der Waals surface area contributed by atoms with Gasteiger partial charge in [0.25, 0.3) is 0 Å². The van der Waals surface area contributed by atoms with E-state index in [4.69, 9.17) is 5.11 Å². The van der Waals surface area contributed by atoms with E-state index < -0.39 is 16.2 Å². The van der Waals surface area contributed by atoms with Crippen molar-refractivity contribution in [2.75, 3.05) is 11.8 Å². The van der Waals surface area contributed by atoms with Crippen LogP contribution in [0.1, 0.15) is 35.7 Å². The van der Waals surface area contributed by atoms with E-state index in [0.29, 0.717) is 11.5 Å². The second-order valence-corrected chi connectivity index (χ2v) is 7.27. The molecular formula is C14H20N2O4S. The van der Waals surface area contributed by atoms with Crippen molar-refractivity contribution < 1.29 is 18.3 Å². The van der Waals surface area contributed by atoms with Gasteiger partial charge in [0.1, 0.15) is 0 Å². The highest BCUT2D eigenvalue weighted by atomic mass is 32.2. The summed E-state index contributed by atoms with van der Waals surface area (Å²) >= 11 is 0. The van der Waals surface area contributed by atoms with Crippen LogP contribution in [0.25, 0.3) is 0 Å². The lowest BCUT2D eigenvalue weighted by Gasteiger charge is -2.24. The maximum absolute atomic E-state index is 12.3. The van der Waals surface area contributed by atoms with Crippen LogP contribution >= 0.6 is 0 Å². The number of benzene rings is 1. The standard InChI is InChI=1S/C14H20N2O4S/c1-9-4-7-12(8-13(9)14(17)18)15-21(19,20)16(3)10(2)11-5-6-11/h4,7-8,10-11,15H,5-6H2,1-3H3,(H,17,18). The lowest BCUT2D eigenvalue weighted by atomic mass is 10.1. The maximum atomic E-state index is 12.3. The number of nitrogens with zero attached hydrogens (tertiary/aromatic N) is 1. The highest BCUT2D eigenvalue weighted by Crippen LogP contribution is 2.35. The van der Waals surface area contributed by atoms with Gasteiger partial charge >= 0.3 is 16.2 Å². The van der Waals surface area contributed by atoms with Gasteiger partial charge in [-0.05, 0) is 50.3 Å². The molecule has 1 aliphatic carbocycles. The summed E-state index contributed by atoms with van der Waals surface area (Å²) in [7, 11) is -2.14. The molecule has 1 fully saturated rings. The molecule has 0 bridgehead atoms. The molecule has 2 N–H and O–H groups in total. The number of nitrogens with one attached hydrogen (secondary N) is 1. The molecule has 1 saturated carbocycles. The fourth-order valence-corrected chi connectivity index (χ4v) is 3.41. The van der Waals surface area contributed by atoms with Gasteiger partial charge in [-0.15, -0.1) is 0 Å². The molecule has 21 heavy (non-hydrogen) atoms. The Morgan fingerprint density at radius 1 is 1.43 bits per heavy atom. The van der Waals surface area contributed by atoms with Crippen LogP contribution in [0.3, 0.4) is 0 Å². The molecule has 1 unspecified atom stereocenters.